The van der Waals surface area contributed by atoms with Gasteiger partial charge in [0.1, 0.15) is 0 Å². The number of hydrogen-bond acceptors (Lipinski definition) is 4. The second-order valence-corrected chi connectivity index (χ2v) is 3.56. The number of imidazole rings is 1. The Morgan fingerprint density at radius 2 is 2.27 bits per heavy atom. The smallest absolute Gasteiger partial charge is 0.328 e. The van der Waals surface area contributed by atoms with E-state index in [4.69, 9.17) is 0 Å². The number of aromatic nitrogens is 4. The van der Waals surface area contributed by atoms with E-state index in [2.05, 4.69) is 14.7 Å². The second kappa shape index (κ2) is 3.72. The highest BCUT2D eigenvalue weighted by Gasteiger charge is 2.07. The van der Waals surface area contributed by atoms with Gasteiger partial charge in [-0.2, -0.15) is 4.98 Å². The zero-order chi connectivity index (χ0) is 10.8. The highest BCUT2D eigenvalue weighted by atomic mass is 16.5. The third kappa shape index (κ3) is 1.83. The third-order valence-corrected chi connectivity index (χ3v) is 2.15. The van der Waals surface area contributed by atoms with E-state index in [-0.39, 0.29) is 11.7 Å². The van der Waals surface area contributed by atoms with Gasteiger partial charge in [0.15, 0.2) is 5.82 Å². The van der Waals surface area contributed by atoms with E-state index in [0.29, 0.717) is 12.4 Å². The maximum atomic E-state index is 11.8. The van der Waals surface area contributed by atoms with Crippen LogP contribution in [-0.4, -0.2) is 19.3 Å². The molecule has 0 spiro atoms. The van der Waals surface area contributed by atoms with Gasteiger partial charge in [-0.05, 0) is 13.8 Å². The van der Waals surface area contributed by atoms with E-state index in [0.717, 1.165) is 0 Å². The lowest BCUT2D eigenvalue weighted by Gasteiger charge is -2.03. The topological polar surface area (TPSA) is 65.8 Å². The Morgan fingerprint density at radius 3 is 2.80 bits per heavy atom. The lowest BCUT2D eigenvalue weighted by molar-refractivity contribution is 0.407. The van der Waals surface area contributed by atoms with Crippen molar-refractivity contribution in [2.45, 2.75) is 26.4 Å². The van der Waals surface area contributed by atoms with Crippen molar-refractivity contribution in [2.75, 3.05) is 0 Å². The maximum Gasteiger partial charge on any atom is 0.328 e. The Kier molecular flexibility index (Phi) is 2.40. The molecule has 0 saturated heterocycles. The predicted molar refractivity (Wildman–Crippen MR) is 52.5 cm³/mol. The first-order valence-electron chi connectivity index (χ1n) is 4.71. The molecule has 6 nitrogen and oxygen atoms in total. The van der Waals surface area contributed by atoms with Crippen molar-refractivity contribution in [1.29, 1.82) is 0 Å². The summed E-state index contributed by atoms with van der Waals surface area (Å²) in [6.07, 6.45) is 4.73. The molecule has 0 saturated carbocycles. The second-order valence-electron chi connectivity index (χ2n) is 3.56. The molecule has 0 N–H and O–H groups in total. The molecule has 0 aliphatic carbocycles. The van der Waals surface area contributed by atoms with Crippen LogP contribution in [0.1, 0.15) is 25.7 Å². The SMILES string of the molecule is CC(C)n1ccn(Cc2ncon2)c1=O. The van der Waals surface area contributed by atoms with Gasteiger partial charge in [-0.15, -0.1) is 0 Å². The number of rotatable bonds is 3. The first-order valence-corrected chi connectivity index (χ1v) is 4.71. The fourth-order valence-electron chi connectivity index (χ4n) is 1.36. The Morgan fingerprint density at radius 1 is 1.47 bits per heavy atom. The van der Waals surface area contributed by atoms with Crippen molar-refractivity contribution in [1.82, 2.24) is 19.3 Å². The summed E-state index contributed by atoms with van der Waals surface area (Å²) >= 11 is 0. The zero-order valence-electron chi connectivity index (χ0n) is 8.62. The minimum absolute atomic E-state index is 0.0604. The fraction of sp³-hybridized carbons (Fsp3) is 0.444. The van der Waals surface area contributed by atoms with Crippen LogP contribution in [0.2, 0.25) is 0 Å². The molecule has 0 unspecified atom stereocenters. The van der Waals surface area contributed by atoms with Crippen LogP contribution >= 0.6 is 0 Å². The summed E-state index contributed by atoms with van der Waals surface area (Å²) in [5.74, 6) is 0.499. The average Bonchev–Trinajstić information content (AvgIpc) is 2.78. The molecule has 2 aromatic rings. The van der Waals surface area contributed by atoms with Crippen molar-refractivity contribution in [3.63, 3.8) is 0 Å². The molecular formula is C9H12N4O2. The van der Waals surface area contributed by atoms with Gasteiger partial charge in [0.25, 0.3) is 0 Å². The minimum Gasteiger partial charge on any atom is -0.343 e. The molecule has 80 valence electrons. The molecule has 0 bridgehead atoms. The molecule has 6 heteroatoms. The van der Waals surface area contributed by atoms with Gasteiger partial charge in [0.05, 0.1) is 6.54 Å². The van der Waals surface area contributed by atoms with E-state index in [9.17, 15) is 4.79 Å². The highest BCUT2D eigenvalue weighted by molar-refractivity contribution is 4.88. The molecule has 0 aromatic carbocycles. The molecule has 15 heavy (non-hydrogen) atoms. The van der Waals surface area contributed by atoms with Crippen molar-refractivity contribution < 1.29 is 4.52 Å². The van der Waals surface area contributed by atoms with Gasteiger partial charge in [0, 0.05) is 18.4 Å². The van der Waals surface area contributed by atoms with Crippen LogP contribution in [0.5, 0.6) is 0 Å². The van der Waals surface area contributed by atoms with Gasteiger partial charge in [-0.3, -0.25) is 9.13 Å². The van der Waals surface area contributed by atoms with Gasteiger partial charge in [-0.1, -0.05) is 5.16 Å². The molecular weight excluding hydrogens is 196 g/mol. The van der Waals surface area contributed by atoms with Gasteiger partial charge < -0.3 is 4.52 Å². The van der Waals surface area contributed by atoms with E-state index < -0.39 is 0 Å². The van der Waals surface area contributed by atoms with Gasteiger partial charge >= 0.3 is 5.69 Å². The number of nitrogens with zero attached hydrogens (tertiary/aromatic N) is 4. The highest BCUT2D eigenvalue weighted by Crippen LogP contribution is 2.00. The molecule has 0 aliphatic rings. The zero-order valence-corrected chi connectivity index (χ0v) is 8.62. The Labute approximate surface area is 86.1 Å². The average molecular weight is 208 g/mol. The van der Waals surface area contributed by atoms with E-state index in [1.54, 1.807) is 21.5 Å². The Bertz CT molecular complexity index is 480. The van der Waals surface area contributed by atoms with E-state index >= 15 is 0 Å². The van der Waals surface area contributed by atoms with Crippen LogP contribution in [0.4, 0.5) is 0 Å². The van der Waals surface area contributed by atoms with Crippen LogP contribution in [-0.2, 0) is 6.54 Å². The van der Waals surface area contributed by atoms with Gasteiger partial charge in [0.2, 0.25) is 6.39 Å². The maximum absolute atomic E-state index is 11.8. The normalized spacial score (nSPS) is 11.1. The summed E-state index contributed by atoms with van der Waals surface area (Å²) in [5.41, 5.74) is -0.0604. The number of hydrogen-bond donors (Lipinski definition) is 0. The molecule has 0 atom stereocenters. The van der Waals surface area contributed by atoms with Crippen LogP contribution < -0.4 is 5.69 Å². The third-order valence-electron chi connectivity index (χ3n) is 2.15. The summed E-state index contributed by atoms with van der Waals surface area (Å²) in [4.78, 5) is 15.6. The summed E-state index contributed by atoms with van der Waals surface area (Å²) in [6, 6.07) is 0.156. The Balaban J connectivity index is 2.27. The monoisotopic (exact) mass is 208 g/mol. The van der Waals surface area contributed by atoms with Crippen LogP contribution in [0.25, 0.3) is 0 Å². The van der Waals surface area contributed by atoms with Crippen molar-refractivity contribution >= 4 is 0 Å². The molecule has 2 aromatic heterocycles. The standard InChI is InChI=1S/C9H12N4O2/c1-7(2)13-4-3-12(9(13)14)5-8-10-6-15-11-8/h3-4,6-7H,5H2,1-2H3. The Hall–Kier alpha value is -1.85. The molecule has 0 fully saturated rings. The first kappa shape index (κ1) is 9.70. The lowest BCUT2D eigenvalue weighted by Crippen LogP contribution is -2.25. The van der Waals surface area contributed by atoms with Crippen LogP contribution in [0, 0.1) is 0 Å². The van der Waals surface area contributed by atoms with Crippen molar-refractivity contribution in [3.05, 3.63) is 35.1 Å². The minimum atomic E-state index is -0.0604. The molecule has 0 aliphatic heterocycles. The first-order chi connectivity index (χ1) is 7.18. The fourth-order valence-corrected chi connectivity index (χ4v) is 1.36. The summed E-state index contributed by atoms with van der Waals surface area (Å²) in [7, 11) is 0. The molecule has 0 amide bonds. The summed E-state index contributed by atoms with van der Waals surface area (Å²) in [6.45, 7) is 4.26. The van der Waals surface area contributed by atoms with Crippen LogP contribution in [0.3, 0.4) is 0 Å². The van der Waals surface area contributed by atoms with Gasteiger partial charge in [-0.25, -0.2) is 4.79 Å². The van der Waals surface area contributed by atoms with Crippen molar-refractivity contribution in [3.8, 4) is 0 Å². The quantitative estimate of drug-likeness (QED) is 0.743. The molecule has 2 rings (SSSR count). The molecule has 0 radical (unpaired) electrons. The predicted octanol–water partition coefficient (Wildman–Crippen LogP) is 0.662. The van der Waals surface area contributed by atoms with Crippen LogP contribution in [0.15, 0.2) is 28.1 Å². The lowest BCUT2D eigenvalue weighted by atomic mass is 10.4. The summed E-state index contributed by atoms with van der Waals surface area (Å²) in [5, 5.41) is 3.65. The molecule has 2 heterocycles. The summed E-state index contributed by atoms with van der Waals surface area (Å²) < 4.78 is 7.80. The van der Waals surface area contributed by atoms with E-state index in [1.165, 1.54) is 6.39 Å². The van der Waals surface area contributed by atoms with E-state index in [1.807, 2.05) is 13.8 Å². The largest absolute Gasteiger partial charge is 0.343 e. The van der Waals surface area contributed by atoms with Crippen molar-refractivity contribution in [2.24, 2.45) is 0 Å².